The molecular formula is C14H21N3O. The van der Waals surface area contributed by atoms with Gasteiger partial charge in [0.15, 0.2) is 0 Å². The summed E-state index contributed by atoms with van der Waals surface area (Å²) in [7, 11) is 0. The summed E-state index contributed by atoms with van der Waals surface area (Å²) in [6, 6.07) is 7.99. The number of aliphatic hydroxyl groups excluding tert-OH is 1. The summed E-state index contributed by atoms with van der Waals surface area (Å²) in [5.74, 6) is 0.813. The van der Waals surface area contributed by atoms with Crippen LogP contribution in [0.2, 0.25) is 0 Å². The highest BCUT2D eigenvalue weighted by Crippen LogP contribution is 2.23. The second-order valence-electron chi connectivity index (χ2n) is 5.45. The van der Waals surface area contributed by atoms with E-state index in [0.29, 0.717) is 0 Å². The van der Waals surface area contributed by atoms with Crippen molar-refractivity contribution in [2.24, 2.45) is 5.41 Å². The SMILES string of the molecule is CC(C)(CCCO)CNc1nc2ccccc2[nH]1. The Hall–Kier alpha value is -1.55. The molecule has 0 aliphatic heterocycles. The van der Waals surface area contributed by atoms with Gasteiger partial charge in [-0.15, -0.1) is 0 Å². The number of hydrogen-bond donors (Lipinski definition) is 3. The van der Waals surface area contributed by atoms with E-state index in [1.807, 2.05) is 24.3 Å². The van der Waals surface area contributed by atoms with Gasteiger partial charge in [-0.1, -0.05) is 26.0 Å². The van der Waals surface area contributed by atoms with E-state index in [9.17, 15) is 0 Å². The number of anilines is 1. The molecule has 0 saturated carbocycles. The third-order valence-electron chi connectivity index (χ3n) is 3.14. The fraction of sp³-hybridized carbons (Fsp3) is 0.500. The molecule has 0 aliphatic carbocycles. The molecule has 4 heteroatoms. The van der Waals surface area contributed by atoms with Crippen molar-refractivity contribution in [1.29, 1.82) is 0 Å². The highest BCUT2D eigenvalue weighted by molar-refractivity contribution is 5.77. The van der Waals surface area contributed by atoms with Crippen LogP contribution >= 0.6 is 0 Å². The number of aliphatic hydroxyl groups is 1. The molecule has 0 unspecified atom stereocenters. The quantitative estimate of drug-likeness (QED) is 0.735. The molecule has 2 rings (SSSR count). The number of imidazole rings is 1. The maximum atomic E-state index is 8.87. The number of benzene rings is 1. The van der Waals surface area contributed by atoms with Gasteiger partial charge in [0.05, 0.1) is 11.0 Å². The van der Waals surface area contributed by atoms with E-state index in [4.69, 9.17) is 5.11 Å². The van der Waals surface area contributed by atoms with Crippen LogP contribution in [-0.2, 0) is 0 Å². The molecule has 3 N–H and O–H groups in total. The van der Waals surface area contributed by atoms with E-state index in [1.54, 1.807) is 0 Å². The first kappa shape index (κ1) is 12.9. The van der Waals surface area contributed by atoms with Crippen molar-refractivity contribution in [1.82, 2.24) is 9.97 Å². The molecule has 1 heterocycles. The van der Waals surface area contributed by atoms with Gasteiger partial charge < -0.3 is 15.4 Å². The van der Waals surface area contributed by atoms with Crippen molar-refractivity contribution < 1.29 is 5.11 Å². The monoisotopic (exact) mass is 247 g/mol. The lowest BCUT2D eigenvalue weighted by Gasteiger charge is -2.24. The van der Waals surface area contributed by atoms with Gasteiger partial charge in [0.1, 0.15) is 0 Å². The summed E-state index contributed by atoms with van der Waals surface area (Å²) >= 11 is 0. The third-order valence-corrected chi connectivity index (χ3v) is 3.14. The maximum Gasteiger partial charge on any atom is 0.201 e. The number of nitrogens with one attached hydrogen (secondary N) is 2. The molecule has 18 heavy (non-hydrogen) atoms. The van der Waals surface area contributed by atoms with E-state index in [1.165, 1.54) is 0 Å². The Kier molecular flexibility index (Phi) is 3.87. The molecule has 0 radical (unpaired) electrons. The largest absolute Gasteiger partial charge is 0.396 e. The van der Waals surface area contributed by atoms with Crippen molar-refractivity contribution in [2.75, 3.05) is 18.5 Å². The lowest BCUT2D eigenvalue weighted by Crippen LogP contribution is -2.23. The number of H-pyrrole nitrogens is 1. The zero-order valence-electron chi connectivity index (χ0n) is 11.0. The van der Waals surface area contributed by atoms with Crippen LogP contribution in [-0.4, -0.2) is 28.2 Å². The van der Waals surface area contributed by atoms with Gasteiger partial charge in [0.2, 0.25) is 5.95 Å². The normalized spacial score (nSPS) is 11.9. The van der Waals surface area contributed by atoms with E-state index < -0.39 is 0 Å². The number of hydrogen-bond acceptors (Lipinski definition) is 3. The molecular weight excluding hydrogens is 226 g/mol. The van der Waals surface area contributed by atoms with Gasteiger partial charge >= 0.3 is 0 Å². The first-order valence-electron chi connectivity index (χ1n) is 6.40. The molecule has 1 aromatic carbocycles. The smallest absolute Gasteiger partial charge is 0.201 e. The molecule has 0 saturated heterocycles. The van der Waals surface area contributed by atoms with Gasteiger partial charge in [-0.2, -0.15) is 0 Å². The summed E-state index contributed by atoms with van der Waals surface area (Å²) < 4.78 is 0. The van der Waals surface area contributed by atoms with E-state index in [-0.39, 0.29) is 12.0 Å². The number of aromatic amines is 1. The first-order valence-corrected chi connectivity index (χ1v) is 6.40. The van der Waals surface area contributed by atoms with Crippen LogP contribution in [0.3, 0.4) is 0 Å². The summed E-state index contributed by atoms with van der Waals surface area (Å²) in [5, 5.41) is 12.2. The minimum absolute atomic E-state index is 0.154. The van der Waals surface area contributed by atoms with Crippen molar-refractivity contribution in [2.45, 2.75) is 26.7 Å². The van der Waals surface area contributed by atoms with Crippen LogP contribution < -0.4 is 5.32 Å². The van der Waals surface area contributed by atoms with Crippen molar-refractivity contribution in [3.63, 3.8) is 0 Å². The lowest BCUT2D eigenvalue weighted by molar-refractivity contribution is 0.247. The zero-order valence-corrected chi connectivity index (χ0v) is 11.0. The fourth-order valence-electron chi connectivity index (χ4n) is 2.01. The number of nitrogens with zero attached hydrogens (tertiary/aromatic N) is 1. The fourth-order valence-corrected chi connectivity index (χ4v) is 2.01. The molecule has 98 valence electrons. The van der Waals surface area contributed by atoms with Crippen LogP contribution in [0.15, 0.2) is 24.3 Å². The van der Waals surface area contributed by atoms with Gasteiger partial charge in [-0.3, -0.25) is 0 Å². The standard InChI is InChI=1S/C14H21N3O/c1-14(2,8-5-9-18)10-15-13-16-11-6-3-4-7-12(11)17-13/h3-4,6-7,18H,5,8-10H2,1-2H3,(H2,15,16,17). The predicted octanol–water partition coefficient (Wildman–Crippen LogP) is 2.77. The second-order valence-corrected chi connectivity index (χ2v) is 5.45. The van der Waals surface area contributed by atoms with Crippen LogP contribution in [0.5, 0.6) is 0 Å². The summed E-state index contributed by atoms with van der Waals surface area (Å²) in [6.07, 6.45) is 1.84. The predicted molar refractivity (Wildman–Crippen MR) is 74.7 cm³/mol. The molecule has 2 aromatic rings. The average molecular weight is 247 g/mol. The Morgan fingerprint density at radius 1 is 1.33 bits per heavy atom. The maximum absolute atomic E-state index is 8.87. The van der Waals surface area contributed by atoms with Crippen molar-refractivity contribution >= 4 is 17.0 Å². The minimum Gasteiger partial charge on any atom is -0.396 e. The summed E-state index contributed by atoms with van der Waals surface area (Å²) in [4.78, 5) is 7.73. The third kappa shape index (κ3) is 3.23. The van der Waals surface area contributed by atoms with Crippen LogP contribution in [0.1, 0.15) is 26.7 Å². The Balaban J connectivity index is 1.97. The molecule has 4 nitrogen and oxygen atoms in total. The minimum atomic E-state index is 0.154. The molecule has 1 aromatic heterocycles. The second kappa shape index (κ2) is 5.40. The van der Waals surface area contributed by atoms with E-state index >= 15 is 0 Å². The molecule has 0 aliphatic rings. The molecule has 0 atom stereocenters. The number of fused-ring (bicyclic) bond motifs is 1. The van der Waals surface area contributed by atoms with Crippen LogP contribution in [0.4, 0.5) is 5.95 Å². The van der Waals surface area contributed by atoms with E-state index in [0.717, 1.165) is 36.4 Å². The molecule has 0 spiro atoms. The Morgan fingerprint density at radius 3 is 2.83 bits per heavy atom. The van der Waals surface area contributed by atoms with Crippen LogP contribution in [0.25, 0.3) is 11.0 Å². The number of para-hydroxylation sites is 2. The zero-order chi connectivity index (χ0) is 13.0. The lowest BCUT2D eigenvalue weighted by atomic mass is 9.88. The molecule has 0 bridgehead atoms. The molecule has 0 amide bonds. The highest BCUT2D eigenvalue weighted by atomic mass is 16.2. The van der Waals surface area contributed by atoms with Gasteiger partial charge in [0.25, 0.3) is 0 Å². The van der Waals surface area contributed by atoms with Crippen LogP contribution in [0, 0.1) is 5.41 Å². The van der Waals surface area contributed by atoms with Gasteiger partial charge in [-0.25, -0.2) is 4.98 Å². The van der Waals surface area contributed by atoms with Crippen molar-refractivity contribution in [3.8, 4) is 0 Å². The number of aromatic nitrogens is 2. The van der Waals surface area contributed by atoms with Gasteiger partial charge in [-0.05, 0) is 30.4 Å². The topological polar surface area (TPSA) is 60.9 Å². The Bertz CT molecular complexity index is 471. The summed E-state index contributed by atoms with van der Waals surface area (Å²) in [6.45, 7) is 5.48. The summed E-state index contributed by atoms with van der Waals surface area (Å²) in [5.41, 5.74) is 2.18. The Labute approximate surface area is 107 Å². The van der Waals surface area contributed by atoms with E-state index in [2.05, 4.69) is 29.1 Å². The highest BCUT2D eigenvalue weighted by Gasteiger charge is 2.17. The Morgan fingerprint density at radius 2 is 2.11 bits per heavy atom. The number of rotatable bonds is 6. The van der Waals surface area contributed by atoms with Gasteiger partial charge in [0, 0.05) is 13.2 Å². The average Bonchev–Trinajstić information content (AvgIpc) is 2.77. The first-order chi connectivity index (χ1) is 8.61. The van der Waals surface area contributed by atoms with Crippen molar-refractivity contribution in [3.05, 3.63) is 24.3 Å². The molecule has 0 fully saturated rings.